The minimum Gasteiger partial charge on any atom is -0.343 e. The van der Waals surface area contributed by atoms with Crippen molar-refractivity contribution in [1.29, 1.82) is 0 Å². The van der Waals surface area contributed by atoms with E-state index < -0.39 is 17.2 Å². The van der Waals surface area contributed by atoms with Gasteiger partial charge in [-0.15, -0.1) is 11.3 Å². The number of nitrogens with one attached hydrogen (secondary N) is 1. The molecule has 0 fully saturated rings. The van der Waals surface area contributed by atoms with E-state index in [-0.39, 0.29) is 17.4 Å². The molecular formula is C19H16N6O4S. The Bertz CT molecular complexity index is 1320. The normalized spacial score (nSPS) is 10.9. The minimum atomic E-state index is -0.699. The molecule has 10 nitrogen and oxygen atoms in total. The molecule has 1 aromatic carbocycles. The van der Waals surface area contributed by atoms with Gasteiger partial charge in [-0.1, -0.05) is 28.9 Å². The number of carbonyl (C=O) groups is 1. The van der Waals surface area contributed by atoms with Crippen LogP contribution in [0.3, 0.4) is 0 Å². The van der Waals surface area contributed by atoms with Crippen LogP contribution in [0.5, 0.6) is 0 Å². The largest absolute Gasteiger partial charge is 0.351 e. The first-order valence-electron chi connectivity index (χ1n) is 8.86. The van der Waals surface area contributed by atoms with Crippen LogP contribution in [-0.2, 0) is 13.6 Å². The number of hydrogen-bond donors (Lipinski definition) is 1. The van der Waals surface area contributed by atoms with E-state index in [1.807, 2.05) is 36.6 Å². The predicted molar refractivity (Wildman–Crippen MR) is 109 cm³/mol. The third-order valence-electron chi connectivity index (χ3n) is 4.29. The maximum atomic E-state index is 12.6. The number of benzene rings is 1. The van der Waals surface area contributed by atoms with Gasteiger partial charge in [0.2, 0.25) is 5.82 Å². The van der Waals surface area contributed by atoms with Crippen molar-refractivity contribution in [2.75, 3.05) is 0 Å². The van der Waals surface area contributed by atoms with E-state index in [9.17, 15) is 14.4 Å². The fourth-order valence-corrected chi connectivity index (χ4v) is 3.28. The number of aryl methyl sites for hydroxylation is 1. The average molecular weight is 424 g/mol. The van der Waals surface area contributed by atoms with E-state index in [2.05, 4.69) is 20.6 Å². The summed E-state index contributed by atoms with van der Waals surface area (Å²) < 4.78 is 6.96. The molecule has 1 amide bonds. The minimum absolute atomic E-state index is 0.183. The van der Waals surface area contributed by atoms with Crippen molar-refractivity contribution in [2.24, 2.45) is 7.05 Å². The van der Waals surface area contributed by atoms with Gasteiger partial charge in [-0.2, -0.15) is 14.8 Å². The first kappa shape index (κ1) is 19.5. The van der Waals surface area contributed by atoms with Crippen molar-refractivity contribution in [2.45, 2.75) is 13.5 Å². The van der Waals surface area contributed by atoms with Crippen LogP contribution in [0.4, 0.5) is 0 Å². The van der Waals surface area contributed by atoms with Gasteiger partial charge < -0.3 is 9.84 Å². The summed E-state index contributed by atoms with van der Waals surface area (Å²) in [5.74, 6) is -1.07. The summed E-state index contributed by atoms with van der Waals surface area (Å²) in [5, 5.41) is 12.4. The lowest BCUT2D eigenvalue weighted by Crippen LogP contribution is -2.40. The number of carbonyl (C=O) groups excluding carboxylic acids is 1. The van der Waals surface area contributed by atoms with Gasteiger partial charge in [0.05, 0.1) is 12.2 Å². The SMILES string of the molecule is Cc1ccc(-n2nc(-c3noc(C(=O)NCc4cccs4)n3)c(=O)n(C)c2=O)cc1. The predicted octanol–water partition coefficient (Wildman–Crippen LogP) is 1.28. The monoisotopic (exact) mass is 424 g/mol. The van der Waals surface area contributed by atoms with Gasteiger partial charge >= 0.3 is 17.5 Å². The molecule has 0 unspecified atom stereocenters. The van der Waals surface area contributed by atoms with Crippen LogP contribution in [0.2, 0.25) is 0 Å². The third-order valence-corrected chi connectivity index (χ3v) is 5.17. The number of aromatic nitrogens is 5. The van der Waals surface area contributed by atoms with Crippen LogP contribution in [0.1, 0.15) is 21.1 Å². The fraction of sp³-hybridized carbons (Fsp3) is 0.158. The number of rotatable bonds is 5. The summed E-state index contributed by atoms with van der Waals surface area (Å²) in [4.78, 5) is 42.3. The lowest BCUT2D eigenvalue weighted by Gasteiger charge is -2.08. The van der Waals surface area contributed by atoms with Crippen molar-refractivity contribution >= 4 is 17.2 Å². The van der Waals surface area contributed by atoms with Gasteiger partial charge in [-0.3, -0.25) is 14.2 Å². The van der Waals surface area contributed by atoms with E-state index in [0.29, 0.717) is 12.2 Å². The fourth-order valence-electron chi connectivity index (χ4n) is 2.64. The first-order valence-corrected chi connectivity index (χ1v) is 9.74. The number of amides is 1. The maximum absolute atomic E-state index is 12.6. The lowest BCUT2D eigenvalue weighted by atomic mass is 10.2. The third kappa shape index (κ3) is 3.70. The van der Waals surface area contributed by atoms with Crippen LogP contribution in [0, 0.1) is 6.92 Å². The van der Waals surface area contributed by atoms with E-state index in [1.165, 1.54) is 18.4 Å². The highest BCUT2D eigenvalue weighted by Crippen LogP contribution is 2.11. The lowest BCUT2D eigenvalue weighted by molar-refractivity contribution is 0.0907. The molecule has 0 bridgehead atoms. The first-order chi connectivity index (χ1) is 14.4. The Balaban J connectivity index is 1.67. The highest BCUT2D eigenvalue weighted by atomic mass is 32.1. The Morgan fingerprint density at radius 1 is 1.20 bits per heavy atom. The highest BCUT2D eigenvalue weighted by Gasteiger charge is 2.21. The van der Waals surface area contributed by atoms with Crippen molar-refractivity contribution in [3.63, 3.8) is 0 Å². The molecule has 0 radical (unpaired) electrons. The second kappa shape index (κ2) is 7.87. The van der Waals surface area contributed by atoms with Crippen LogP contribution < -0.4 is 16.6 Å². The Morgan fingerprint density at radius 2 is 1.97 bits per heavy atom. The van der Waals surface area contributed by atoms with Crippen LogP contribution in [-0.4, -0.2) is 30.4 Å². The van der Waals surface area contributed by atoms with Crippen molar-refractivity contribution in [3.05, 3.63) is 78.9 Å². The maximum Gasteiger partial charge on any atom is 0.351 e. The molecule has 0 saturated heterocycles. The molecule has 4 rings (SSSR count). The molecule has 0 aliphatic carbocycles. The molecular weight excluding hydrogens is 408 g/mol. The molecule has 0 aliphatic rings. The van der Waals surface area contributed by atoms with Gasteiger partial charge in [-0.05, 0) is 30.5 Å². The van der Waals surface area contributed by atoms with Gasteiger partial charge in [0.15, 0.2) is 5.69 Å². The van der Waals surface area contributed by atoms with Gasteiger partial charge in [-0.25, -0.2) is 4.79 Å². The van der Waals surface area contributed by atoms with Gasteiger partial charge in [0.1, 0.15) is 0 Å². The summed E-state index contributed by atoms with van der Waals surface area (Å²) in [6.07, 6.45) is 0. The molecule has 0 aliphatic heterocycles. The van der Waals surface area contributed by atoms with Gasteiger partial charge in [0.25, 0.3) is 5.56 Å². The van der Waals surface area contributed by atoms with E-state index in [1.54, 1.807) is 12.1 Å². The summed E-state index contributed by atoms with van der Waals surface area (Å²) in [5.41, 5.74) is -0.0495. The highest BCUT2D eigenvalue weighted by molar-refractivity contribution is 7.09. The number of hydrogen-bond acceptors (Lipinski definition) is 8. The molecule has 152 valence electrons. The summed E-state index contributed by atoms with van der Waals surface area (Å²) >= 11 is 1.50. The standard InChI is InChI=1S/C19H16N6O4S/c1-11-5-7-12(8-6-11)25-19(28)24(2)18(27)14(22-25)15-21-17(29-23-15)16(26)20-10-13-4-3-9-30-13/h3-9H,10H2,1-2H3,(H,20,26). The van der Waals surface area contributed by atoms with Crippen LogP contribution >= 0.6 is 11.3 Å². The van der Waals surface area contributed by atoms with Crippen molar-refractivity contribution < 1.29 is 9.32 Å². The van der Waals surface area contributed by atoms with Crippen molar-refractivity contribution in [3.8, 4) is 17.2 Å². The number of thiophene rings is 1. The topological polar surface area (TPSA) is 125 Å². The zero-order valence-corrected chi connectivity index (χ0v) is 16.8. The number of nitrogens with zero attached hydrogens (tertiary/aromatic N) is 5. The van der Waals surface area contributed by atoms with E-state index >= 15 is 0 Å². The Hall–Kier alpha value is -3.86. The van der Waals surface area contributed by atoms with E-state index in [0.717, 1.165) is 19.7 Å². The summed E-state index contributed by atoms with van der Waals surface area (Å²) in [6.45, 7) is 2.23. The molecule has 30 heavy (non-hydrogen) atoms. The smallest absolute Gasteiger partial charge is 0.343 e. The molecule has 3 aromatic heterocycles. The van der Waals surface area contributed by atoms with Crippen LogP contribution in [0.15, 0.2) is 55.9 Å². The molecule has 1 N–H and O–H groups in total. The second-order valence-electron chi connectivity index (χ2n) is 6.43. The van der Waals surface area contributed by atoms with Gasteiger partial charge in [0, 0.05) is 11.9 Å². The molecule has 0 spiro atoms. The summed E-state index contributed by atoms with van der Waals surface area (Å²) in [7, 11) is 1.33. The Labute approximate surface area is 173 Å². The second-order valence-corrected chi connectivity index (χ2v) is 7.46. The zero-order valence-electron chi connectivity index (χ0n) is 16.0. The summed E-state index contributed by atoms with van der Waals surface area (Å²) in [6, 6.07) is 10.8. The van der Waals surface area contributed by atoms with Crippen LogP contribution in [0.25, 0.3) is 17.2 Å². The molecule has 4 aromatic rings. The molecule has 0 atom stereocenters. The zero-order chi connectivity index (χ0) is 21.3. The quantitative estimate of drug-likeness (QED) is 0.512. The van der Waals surface area contributed by atoms with E-state index in [4.69, 9.17) is 4.52 Å². The Kier molecular flexibility index (Phi) is 5.11. The van der Waals surface area contributed by atoms with Crippen molar-refractivity contribution in [1.82, 2.24) is 29.8 Å². The average Bonchev–Trinajstić information content (AvgIpc) is 3.44. The molecule has 11 heteroatoms. The Morgan fingerprint density at radius 3 is 2.67 bits per heavy atom. The molecule has 3 heterocycles. The molecule has 0 saturated carbocycles.